The molecule has 1 aromatic heterocycles. The zero-order chi connectivity index (χ0) is 23.3. The topological polar surface area (TPSA) is 151 Å². The number of unbranched alkanes of at least 4 members (excludes halogenated alkanes) is 1. The van der Waals surface area contributed by atoms with E-state index in [4.69, 9.17) is 5.73 Å². The first-order valence-corrected chi connectivity index (χ1v) is 11.1. The first-order valence-electron chi connectivity index (χ1n) is 9.65. The first kappa shape index (κ1) is 24.2. The molecule has 0 spiro atoms. The number of anilines is 3. The molecule has 0 saturated carbocycles. The van der Waals surface area contributed by atoms with Gasteiger partial charge in [0.15, 0.2) is 0 Å². The van der Waals surface area contributed by atoms with Gasteiger partial charge < -0.3 is 16.0 Å². The van der Waals surface area contributed by atoms with Crippen molar-refractivity contribution in [3.8, 4) is 0 Å². The largest absolute Gasteiger partial charge is 0.383 e. The second-order valence-corrected chi connectivity index (χ2v) is 9.37. The van der Waals surface area contributed by atoms with Gasteiger partial charge in [0.05, 0.1) is 11.4 Å². The van der Waals surface area contributed by atoms with E-state index in [9.17, 15) is 22.8 Å². The second-order valence-electron chi connectivity index (χ2n) is 7.22. The molecule has 2 aromatic rings. The highest BCUT2D eigenvalue weighted by Gasteiger charge is 2.20. The highest BCUT2D eigenvalue weighted by atomic mass is 32.2. The summed E-state index contributed by atoms with van der Waals surface area (Å²) in [6, 6.07) is 5.84. The monoisotopic (exact) mass is 452 g/mol. The van der Waals surface area contributed by atoms with Gasteiger partial charge in [-0.25, -0.2) is 17.5 Å². The number of H-pyrrole nitrogens is 1. The van der Waals surface area contributed by atoms with Gasteiger partial charge in [-0.15, -0.1) is 0 Å². The van der Waals surface area contributed by atoms with Gasteiger partial charge in [-0.1, -0.05) is 19.4 Å². The van der Waals surface area contributed by atoms with Gasteiger partial charge in [0, 0.05) is 33.4 Å². The van der Waals surface area contributed by atoms with Gasteiger partial charge in [-0.3, -0.25) is 19.1 Å². The van der Waals surface area contributed by atoms with E-state index >= 15 is 0 Å². The summed E-state index contributed by atoms with van der Waals surface area (Å²) < 4.78 is 26.9. The number of carbonyl (C=O) groups is 1. The number of benzene rings is 1. The van der Waals surface area contributed by atoms with E-state index in [1.54, 1.807) is 6.07 Å². The molecular weight excluding hydrogens is 424 g/mol. The molecule has 0 atom stereocenters. The van der Waals surface area contributed by atoms with Gasteiger partial charge >= 0.3 is 5.69 Å². The smallest absolute Gasteiger partial charge is 0.330 e. The lowest BCUT2D eigenvalue weighted by Crippen LogP contribution is -2.39. The molecule has 12 heteroatoms. The fourth-order valence-electron chi connectivity index (χ4n) is 2.92. The number of rotatable bonds is 9. The minimum atomic E-state index is -3.65. The van der Waals surface area contributed by atoms with Crippen LogP contribution in [0.1, 0.15) is 19.8 Å². The van der Waals surface area contributed by atoms with Crippen LogP contribution in [0.2, 0.25) is 0 Å². The Labute approximate surface area is 180 Å². The lowest BCUT2D eigenvalue weighted by atomic mass is 10.3. The SMILES string of the molecule is CCCCn1c(N)c(N(C)CC(=O)Nc2cccc(S(=O)(=O)N(C)C)c2)c(=O)[nH]c1=O. The summed E-state index contributed by atoms with van der Waals surface area (Å²) in [5, 5.41) is 2.61. The van der Waals surface area contributed by atoms with Crippen molar-refractivity contribution in [3.63, 3.8) is 0 Å². The molecule has 0 fully saturated rings. The summed E-state index contributed by atoms with van der Waals surface area (Å²) in [4.78, 5) is 40.4. The van der Waals surface area contributed by atoms with Gasteiger partial charge in [0.1, 0.15) is 11.5 Å². The zero-order valence-corrected chi connectivity index (χ0v) is 18.8. The molecule has 2 rings (SSSR count). The molecule has 0 radical (unpaired) electrons. The average molecular weight is 453 g/mol. The summed E-state index contributed by atoms with van der Waals surface area (Å²) in [7, 11) is 0.678. The molecule has 0 aliphatic heterocycles. The number of likely N-dealkylation sites (N-methyl/N-ethyl adjacent to an activating group) is 1. The number of sulfonamides is 1. The maximum absolute atomic E-state index is 12.5. The fraction of sp³-hybridized carbons (Fsp3) is 0.421. The summed E-state index contributed by atoms with van der Waals surface area (Å²) in [6.45, 7) is 2.06. The summed E-state index contributed by atoms with van der Waals surface area (Å²) >= 11 is 0. The molecule has 11 nitrogen and oxygen atoms in total. The summed E-state index contributed by atoms with van der Waals surface area (Å²) in [6.07, 6.45) is 1.53. The van der Waals surface area contributed by atoms with Crippen molar-refractivity contribution >= 4 is 33.1 Å². The van der Waals surface area contributed by atoms with Crippen LogP contribution >= 0.6 is 0 Å². The molecule has 0 bridgehead atoms. The molecule has 170 valence electrons. The lowest BCUT2D eigenvalue weighted by Gasteiger charge is -2.21. The Morgan fingerprint density at radius 2 is 1.90 bits per heavy atom. The number of nitrogens with zero attached hydrogens (tertiary/aromatic N) is 3. The number of nitrogen functional groups attached to an aromatic ring is 1. The number of hydrogen-bond acceptors (Lipinski definition) is 7. The number of aromatic nitrogens is 2. The van der Waals surface area contributed by atoms with Crippen LogP contribution in [0.15, 0.2) is 38.8 Å². The van der Waals surface area contributed by atoms with Crippen LogP contribution in [0.4, 0.5) is 17.2 Å². The molecule has 1 heterocycles. The fourth-order valence-corrected chi connectivity index (χ4v) is 3.87. The van der Waals surface area contributed by atoms with Crippen LogP contribution in [0.3, 0.4) is 0 Å². The Bertz CT molecular complexity index is 1170. The van der Waals surface area contributed by atoms with E-state index < -0.39 is 27.2 Å². The van der Waals surface area contributed by atoms with Gasteiger partial charge in [-0.2, -0.15) is 0 Å². The van der Waals surface area contributed by atoms with Crippen molar-refractivity contribution in [2.24, 2.45) is 0 Å². The number of nitrogens with two attached hydrogens (primary N) is 1. The van der Waals surface area contributed by atoms with E-state index in [0.29, 0.717) is 13.0 Å². The van der Waals surface area contributed by atoms with Crippen molar-refractivity contribution in [2.45, 2.75) is 31.2 Å². The molecule has 1 amide bonds. The van der Waals surface area contributed by atoms with E-state index in [-0.39, 0.29) is 28.6 Å². The van der Waals surface area contributed by atoms with Crippen molar-refractivity contribution in [2.75, 3.05) is 43.6 Å². The molecule has 0 saturated heterocycles. The predicted molar refractivity (Wildman–Crippen MR) is 120 cm³/mol. The normalized spacial score (nSPS) is 11.5. The zero-order valence-electron chi connectivity index (χ0n) is 18.0. The summed E-state index contributed by atoms with van der Waals surface area (Å²) in [5.41, 5.74) is 5.06. The Balaban J connectivity index is 2.23. The van der Waals surface area contributed by atoms with E-state index in [2.05, 4.69) is 10.3 Å². The molecule has 4 N–H and O–H groups in total. The van der Waals surface area contributed by atoms with Gasteiger partial charge in [-0.05, 0) is 24.6 Å². The van der Waals surface area contributed by atoms with Crippen molar-refractivity contribution < 1.29 is 13.2 Å². The maximum Gasteiger partial charge on any atom is 0.330 e. The molecule has 0 aliphatic carbocycles. The highest BCUT2D eigenvalue weighted by molar-refractivity contribution is 7.89. The van der Waals surface area contributed by atoms with Crippen LogP contribution < -0.4 is 27.2 Å². The number of amides is 1. The summed E-state index contributed by atoms with van der Waals surface area (Å²) in [5.74, 6) is -0.511. The lowest BCUT2D eigenvalue weighted by molar-refractivity contribution is -0.114. The van der Waals surface area contributed by atoms with Gasteiger partial charge in [0.2, 0.25) is 15.9 Å². The maximum atomic E-state index is 12.5. The van der Waals surface area contributed by atoms with E-state index in [0.717, 1.165) is 10.7 Å². The highest BCUT2D eigenvalue weighted by Crippen LogP contribution is 2.19. The van der Waals surface area contributed by atoms with Crippen molar-refractivity contribution in [1.82, 2.24) is 13.9 Å². The average Bonchev–Trinajstić information content (AvgIpc) is 2.67. The molecule has 0 unspecified atom stereocenters. The molecule has 1 aromatic carbocycles. The van der Waals surface area contributed by atoms with Crippen LogP contribution in [0, 0.1) is 0 Å². The Kier molecular flexibility index (Phi) is 7.63. The standard InChI is InChI=1S/C19H28N6O5S/c1-5-6-10-25-17(20)16(18(27)22-19(25)28)24(4)12-15(26)21-13-8-7-9-14(11-13)31(29,30)23(2)3/h7-9,11H,5-6,10,12,20H2,1-4H3,(H,21,26)(H,22,27,28). The molecular formula is C19H28N6O5S. The number of nitrogens with one attached hydrogen (secondary N) is 2. The quantitative estimate of drug-likeness (QED) is 0.493. The van der Waals surface area contributed by atoms with E-state index in [1.807, 2.05) is 6.92 Å². The predicted octanol–water partition coefficient (Wildman–Crippen LogP) is 0.244. The van der Waals surface area contributed by atoms with Crippen LogP contribution in [-0.4, -0.2) is 55.9 Å². The number of carbonyl (C=O) groups excluding carboxylic acids is 1. The first-order chi connectivity index (χ1) is 14.5. The van der Waals surface area contributed by atoms with Crippen LogP contribution in [0.5, 0.6) is 0 Å². The second kappa shape index (κ2) is 9.79. The van der Waals surface area contributed by atoms with Crippen LogP contribution in [0.25, 0.3) is 0 Å². The third kappa shape index (κ3) is 5.52. The Morgan fingerprint density at radius 1 is 1.23 bits per heavy atom. The molecule has 31 heavy (non-hydrogen) atoms. The van der Waals surface area contributed by atoms with Crippen LogP contribution in [-0.2, 0) is 21.4 Å². The Hall–Kier alpha value is -3.12. The van der Waals surface area contributed by atoms with E-state index in [1.165, 1.54) is 48.8 Å². The number of hydrogen-bond donors (Lipinski definition) is 3. The van der Waals surface area contributed by atoms with Crippen molar-refractivity contribution in [1.29, 1.82) is 0 Å². The third-order valence-electron chi connectivity index (χ3n) is 4.61. The van der Waals surface area contributed by atoms with Gasteiger partial charge in [0.25, 0.3) is 5.56 Å². The van der Waals surface area contributed by atoms with Crippen molar-refractivity contribution in [3.05, 3.63) is 45.1 Å². The Morgan fingerprint density at radius 3 is 2.52 bits per heavy atom. The minimum Gasteiger partial charge on any atom is -0.383 e. The molecule has 0 aliphatic rings. The third-order valence-corrected chi connectivity index (χ3v) is 6.42. The minimum absolute atomic E-state index is 0.00906. The number of aromatic amines is 1.